The quantitative estimate of drug-likeness (QED) is 0.365. The van der Waals surface area contributed by atoms with Crippen LogP contribution in [0.1, 0.15) is 45.9 Å². The molecule has 0 saturated heterocycles. The highest BCUT2D eigenvalue weighted by atomic mass is 16.5. The number of Topliss-reactive ketones (excluding diaryl/α,β-unsaturated/α-hetero) is 1. The Kier molecular flexibility index (Phi) is 4.41. The Hall–Kier alpha value is -4.18. The van der Waals surface area contributed by atoms with Gasteiger partial charge in [-0.05, 0) is 26.0 Å². The van der Waals surface area contributed by atoms with Gasteiger partial charge in [-0.1, -0.05) is 35.5 Å². The van der Waals surface area contributed by atoms with E-state index in [-0.39, 0.29) is 12.2 Å². The van der Waals surface area contributed by atoms with Crippen molar-refractivity contribution in [3.05, 3.63) is 99.7 Å². The van der Waals surface area contributed by atoms with E-state index < -0.39 is 5.92 Å². The van der Waals surface area contributed by atoms with E-state index in [0.29, 0.717) is 45.6 Å². The predicted molar refractivity (Wildman–Crippen MR) is 114 cm³/mol. The van der Waals surface area contributed by atoms with Crippen molar-refractivity contribution in [2.45, 2.75) is 26.2 Å². The third-order valence-electron chi connectivity index (χ3n) is 5.53. The summed E-state index contributed by atoms with van der Waals surface area (Å²) in [5, 5.41) is 7.93. The molecule has 4 aromatic rings. The SMILES string of the molecule is [C-]#[N+]C1=C(C)Nc2onc(C)c2C1c1cc2c(CC(=O)c3ccccc3)nccc2o1. The molecule has 0 aliphatic carbocycles. The Morgan fingerprint density at radius 2 is 2.03 bits per heavy atom. The number of rotatable bonds is 4. The second kappa shape index (κ2) is 7.26. The zero-order valence-corrected chi connectivity index (χ0v) is 17.0. The lowest BCUT2D eigenvalue weighted by atomic mass is 9.89. The topological polar surface area (TPSA) is 85.5 Å². The molecule has 4 heterocycles. The number of nitrogens with zero attached hydrogens (tertiary/aromatic N) is 3. The normalized spacial score (nSPS) is 15.5. The molecule has 7 heteroatoms. The van der Waals surface area contributed by atoms with Crippen molar-refractivity contribution in [3.63, 3.8) is 0 Å². The first-order valence-corrected chi connectivity index (χ1v) is 9.83. The van der Waals surface area contributed by atoms with E-state index in [1.807, 2.05) is 38.1 Å². The molecule has 1 aromatic carbocycles. The van der Waals surface area contributed by atoms with E-state index in [1.165, 1.54) is 0 Å². The number of fused-ring (bicyclic) bond motifs is 2. The maximum Gasteiger partial charge on any atom is 0.230 e. The standard InChI is InChI=1S/C24H18N4O3/c1-13-21-22(23(25-3)14(2)27-24(21)31-28-13)20-11-16-17(26-10-9-19(16)30-20)12-18(29)15-7-5-4-6-8-15/h4-11,22,27H,12H2,1-2H3. The molecule has 1 N–H and O–H groups in total. The van der Waals surface area contributed by atoms with Gasteiger partial charge < -0.3 is 14.3 Å². The molecule has 31 heavy (non-hydrogen) atoms. The molecule has 152 valence electrons. The maximum atomic E-state index is 12.7. The van der Waals surface area contributed by atoms with E-state index in [0.717, 1.165) is 10.9 Å². The number of furan rings is 1. The highest BCUT2D eigenvalue weighted by molar-refractivity contribution is 5.99. The van der Waals surface area contributed by atoms with Crippen molar-refractivity contribution in [3.8, 4) is 0 Å². The first-order valence-electron chi connectivity index (χ1n) is 9.83. The average molecular weight is 410 g/mol. The summed E-state index contributed by atoms with van der Waals surface area (Å²) in [4.78, 5) is 20.9. The number of allylic oxidation sites excluding steroid dienone is 2. The molecule has 1 unspecified atom stereocenters. The minimum atomic E-state index is -0.440. The molecule has 1 aliphatic rings. The van der Waals surface area contributed by atoms with Crippen LogP contribution in [0.2, 0.25) is 0 Å². The zero-order valence-electron chi connectivity index (χ0n) is 17.0. The van der Waals surface area contributed by atoms with Crippen molar-refractivity contribution >= 4 is 22.6 Å². The fourth-order valence-corrected chi connectivity index (χ4v) is 4.02. The van der Waals surface area contributed by atoms with Gasteiger partial charge in [-0.2, -0.15) is 0 Å². The Labute approximate surface area is 178 Å². The van der Waals surface area contributed by atoms with Gasteiger partial charge in [-0.25, -0.2) is 4.85 Å². The first-order chi connectivity index (χ1) is 15.1. The Morgan fingerprint density at radius 1 is 1.23 bits per heavy atom. The summed E-state index contributed by atoms with van der Waals surface area (Å²) in [7, 11) is 0. The number of aryl methyl sites for hydroxylation is 1. The van der Waals surface area contributed by atoms with Gasteiger partial charge in [0, 0.05) is 28.4 Å². The van der Waals surface area contributed by atoms with Crippen LogP contribution in [-0.2, 0) is 6.42 Å². The van der Waals surface area contributed by atoms with E-state index in [9.17, 15) is 4.79 Å². The fourth-order valence-electron chi connectivity index (χ4n) is 4.02. The second-order valence-electron chi connectivity index (χ2n) is 7.48. The second-order valence-corrected chi connectivity index (χ2v) is 7.48. The molecular weight excluding hydrogens is 392 g/mol. The van der Waals surface area contributed by atoms with Crippen LogP contribution >= 0.6 is 0 Å². The monoisotopic (exact) mass is 410 g/mol. The van der Waals surface area contributed by atoms with Crippen LogP contribution in [0.15, 0.2) is 69.0 Å². The Bertz CT molecular complexity index is 1390. The maximum absolute atomic E-state index is 12.7. The fraction of sp³-hybridized carbons (Fsp3) is 0.167. The minimum Gasteiger partial charge on any atom is -0.461 e. The number of benzene rings is 1. The number of nitrogens with one attached hydrogen (secondary N) is 1. The third-order valence-corrected chi connectivity index (χ3v) is 5.53. The Morgan fingerprint density at radius 3 is 2.81 bits per heavy atom. The number of hydrogen-bond donors (Lipinski definition) is 1. The smallest absolute Gasteiger partial charge is 0.230 e. The predicted octanol–water partition coefficient (Wildman–Crippen LogP) is 5.26. The van der Waals surface area contributed by atoms with Gasteiger partial charge in [0.2, 0.25) is 5.88 Å². The first kappa shape index (κ1) is 18.8. The molecule has 3 aromatic heterocycles. The number of carbonyl (C=O) groups excluding carboxylic acids is 1. The molecule has 7 nitrogen and oxygen atoms in total. The van der Waals surface area contributed by atoms with Crippen LogP contribution in [0.4, 0.5) is 5.88 Å². The van der Waals surface area contributed by atoms with Crippen LogP contribution in [0.3, 0.4) is 0 Å². The molecule has 1 aliphatic heterocycles. The number of hydrogen-bond acceptors (Lipinski definition) is 6. The summed E-state index contributed by atoms with van der Waals surface area (Å²) in [6.07, 6.45) is 1.80. The summed E-state index contributed by atoms with van der Waals surface area (Å²) in [5.74, 6) is 0.659. The highest BCUT2D eigenvalue weighted by Gasteiger charge is 2.36. The van der Waals surface area contributed by atoms with Crippen LogP contribution in [-0.4, -0.2) is 15.9 Å². The number of anilines is 1. The van der Waals surface area contributed by atoms with Crippen molar-refractivity contribution in [2.24, 2.45) is 0 Å². The summed E-state index contributed by atoms with van der Waals surface area (Å²) >= 11 is 0. The summed E-state index contributed by atoms with van der Waals surface area (Å²) in [6.45, 7) is 11.4. The number of ketones is 1. The molecule has 0 saturated carbocycles. The summed E-state index contributed by atoms with van der Waals surface area (Å²) in [6, 6.07) is 12.8. The van der Waals surface area contributed by atoms with Crippen molar-refractivity contribution < 1.29 is 13.7 Å². The van der Waals surface area contributed by atoms with E-state index in [2.05, 4.69) is 20.3 Å². The van der Waals surface area contributed by atoms with Gasteiger partial charge in [0.15, 0.2) is 11.5 Å². The van der Waals surface area contributed by atoms with Crippen LogP contribution < -0.4 is 5.32 Å². The largest absolute Gasteiger partial charge is 0.461 e. The van der Waals surface area contributed by atoms with Gasteiger partial charge in [0.1, 0.15) is 11.3 Å². The molecule has 0 fully saturated rings. The molecular formula is C24H18N4O3. The number of aromatic nitrogens is 2. The molecule has 0 spiro atoms. The lowest BCUT2D eigenvalue weighted by Crippen LogP contribution is -2.15. The van der Waals surface area contributed by atoms with Crippen LogP contribution in [0.5, 0.6) is 0 Å². The average Bonchev–Trinajstić information content (AvgIpc) is 3.37. The number of pyridine rings is 1. The van der Waals surface area contributed by atoms with Crippen molar-refractivity contribution in [1.82, 2.24) is 10.1 Å². The summed E-state index contributed by atoms with van der Waals surface area (Å²) in [5.41, 5.74) is 4.60. The molecule has 0 radical (unpaired) electrons. The van der Waals surface area contributed by atoms with Crippen molar-refractivity contribution in [1.29, 1.82) is 0 Å². The number of carbonyl (C=O) groups is 1. The molecule has 5 rings (SSSR count). The molecule has 0 bridgehead atoms. The lowest BCUT2D eigenvalue weighted by molar-refractivity contribution is 0.0992. The third kappa shape index (κ3) is 3.09. The van der Waals surface area contributed by atoms with E-state index in [4.69, 9.17) is 15.5 Å². The van der Waals surface area contributed by atoms with Gasteiger partial charge in [0.05, 0.1) is 30.3 Å². The summed E-state index contributed by atoms with van der Waals surface area (Å²) < 4.78 is 11.6. The van der Waals surface area contributed by atoms with Gasteiger partial charge in [-0.3, -0.25) is 9.78 Å². The Balaban J connectivity index is 1.60. The lowest BCUT2D eigenvalue weighted by Gasteiger charge is -2.21. The molecule has 0 amide bonds. The van der Waals surface area contributed by atoms with Crippen LogP contribution in [0.25, 0.3) is 15.8 Å². The zero-order chi connectivity index (χ0) is 21.5. The van der Waals surface area contributed by atoms with Crippen LogP contribution in [0, 0.1) is 13.5 Å². The highest BCUT2D eigenvalue weighted by Crippen LogP contribution is 2.45. The van der Waals surface area contributed by atoms with E-state index >= 15 is 0 Å². The molecule has 1 atom stereocenters. The van der Waals surface area contributed by atoms with Gasteiger partial charge in [-0.15, -0.1) is 0 Å². The van der Waals surface area contributed by atoms with E-state index in [1.54, 1.807) is 24.4 Å². The minimum absolute atomic E-state index is 0.0139. The van der Waals surface area contributed by atoms with Crippen molar-refractivity contribution in [2.75, 3.05) is 5.32 Å². The van der Waals surface area contributed by atoms with Gasteiger partial charge >= 0.3 is 0 Å². The van der Waals surface area contributed by atoms with Gasteiger partial charge in [0.25, 0.3) is 0 Å².